The summed E-state index contributed by atoms with van der Waals surface area (Å²) in [6, 6.07) is 13.8. The van der Waals surface area contributed by atoms with Crippen molar-refractivity contribution in [3.8, 4) is 11.5 Å². The van der Waals surface area contributed by atoms with Crippen LogP contribution in [0.5, 0.6) is 0 Å². The largest absolute Gasteiger partial charge is 0.454 e. The van der Waals surface area contributed by atoms with E-state index in [4.69, 9.17) is 4.42 Å². The van der Waals surface area contributed by atoms with Crippen molar-refractivity contribution in [1.82, 2.24) is 19.5 Å². The quantitative estimate of drug-likeness (QED) is 0.612. The number of hydrogen-bond donors (Lipinski definition) is 1. The van der Waals surface area contributed by atoms with Crippen LogP contribution in [0.1, 0.15) is 0 Å². The normalized spacial score (nSPS) is 11.6. The van der Waals surface area contributed by atoms with E-state index in [9.17, 15) is 0 Å². The summed E-state index contributed by atoms with van der Waals surface area (Å²) in [5, 5.41) is 8.95. The van der Waals surface area contributed by atoms with Crippen LogP contribution < -0.4 is 5.32 Å². The summed E-state index contributed by atoms with van der Waals surface area (Å²) >= 11 is 0. The molecule has 0 amide bonds. The number of hydrogen-bond acceptors (Lipinski definition) is 5. The summed E-state index contributed by atoms with van der Waals surface area (Å²) in [4.78, 5) is 6.73. The monoisotopic (exact) mass is 321 g/mol. The number of nitrogens with one attached hydrogen (secondary N) is 1. The van der Waals surface area contributed by atoms with Gasteiger partial charge >= 0.3 is 0 Å². The molecule has 0 unspecified atom stereocenters. The number of likely N-dealkylation sites (N-methyl/N-ethyl adjacent to an activating group) is 1. The zero-order valence-electron chi connectivity index (χ0n) is 13.7. The van der Waals surface area contributed by atoms with E-state index >= 15 is 0 Å². The van der Waals surface area contributed by atoms with Crippen LogP contribution in [0.2, 0.25) is 0 Å². The van der Waals surface area contributed by atoms with Crippen molar-refractivity contribution in [1.29, 1.82) is 0 Å². The standard InChI is InChI=1S/C18H19N5O/c1-22(2)10-8-19-17-7-9-23-18(20-17)12-14(21-23)16-11-13-5-3-4-6-15(13)24-16/h3-7,9,11-12H,8,10H2,1-2H3,(H,19,20). The number of furan rings is 1. The van der Waals surface area contributed by atoms with Gasteiger partial charge in [0.15, 0.2) is 11.4 Å². The molecule has 0 aliphatic carbocycles. The highest BCUT2D eigenvalue weighted by Crippen LogP contribution is 2.27. The van der Waals surface area contributed by atoms with Gasteiger partial charge in [-0.25, -0.2) is 9.50 Å². The highest BCUT2D eigenvalue weighted by atomic mass is 16.3. The molecule has 6 nitrogen and oxygen atoms in total. The van der Waals surface area contributed by atoms with Crippen LogP contribution in [0.4, 0.5) is 5.82 Å². The molecule has 3 aromatic heterocycles. The summed E-state index contributed by atoms with van der Waals surface area (Å²) in [5.41, 5.74) is 2.44. The van der Waals surface area contributed by atoms with Crippen molar-refractivity contribution in [2.75, 3.05) is 32.5 Å². The molecule has 0 aliphatic heterocycles. The second-order valence-electron chi connectivity index (χ2n) is 6.02. The molecule has 0 atom stereocenters. The third kappa shape index (κ3) is 2.83. The van der Waals surface area contributed by atoms with Crippen LogP contribution in [-0.2, 0) is 0 Å². The predicted molar refractivity (Wildman–Crippen MR) is 95.2 cm³/mol. The number of fused-ring (bicyclic) bond motifs is 2. The molecule has 6 heteroatoms. The Labute approximate surface area is 139 Å². The Balaban J connectivity index is 1.62. The van der Waals surface area contributed by atoms with Gasteiger partial charge in [-0.1, -0.05) is 18.2 Å². The van der Waals surface area contributed by atoms with E-state index in [-0.39, 0.29) is 0 Å². The smallest absolute Gasteiger partial charge is 0.158 e. The van der Waals surface area contributed by atoms with Crippen molar-refractivity contribution in [3.05, 3.63) is 48.7 Å². The number of nitrogens with zero attached hydrogens (tertiary/aromatic N) is 4. The number of benzene rings is 1. The first-order chi connectivity index (χ1) is 11.7. The number of aromatic nitrogens is 3. The summed E-state index contributed by atoms with van der Waals surface area (Å²) in [6.45, 7) is 1.80. The second-order valence-corrected chi connectivity index (χ2v) is 6.02. The Bertz CT molecular complexity index is 952. The Hall–Kier alpha value is -2.86. The molecule has 4 aromatic rings. The number of anilines is 1. The number of rotatable bonds is 5. The van der Waals surface area contributed by atoms with E-state index in [0.717, 1.165) is 47.0 Å². The van der Waals surface area contributed by atoms with Gasteiger partial charge in [0.1, 0.15) is 17.1 Å². The van der Waals surface area contributed by atoms with Crippen molar-refractivity contribution < 1.29 is 4.42 Å². The van der Waals surface area contributed by atoms with Crippen LogP contribution in [0.3, 0.4) is 0 Å². The molecule has 0 radical (unpaired) electrons. The molecule has 0 saturated heterocycles. The van der Waals surface area contributed by atoms with Gasteiger partial charge in [0.25, 0.3) is 0 Å². The molecule has 0 bridgehead atoms. The fourth-order valence-electron chi connectivity index (χ4n) is 2.61. The summed E-state index contributed by atoms with van der Waals surface area (Å²) < 4.78 is 7.64. The maximum absolute atomic E-state index is 5.88. The first kappa shape index (κ1) is 14.7. The average molecular weight is 321 g/mol. The van der Waals surface area contributed by atoms with Crippen LogP contribution in [0.15, 0.2) is 53.1 Å². The molecule has 122 valence electrons. The van der Waals surface area contributed by atoms with Crippen molar-refractivity contribution in [2.24, 2.45) is 0 Å². The highest BCUT2D eigenvalue weighted by molar-refractivity contribution is 5.82. The zero-order chi connectivity index (χ0) is 16.5. The summed E-state index contributed by atoms with van der Waals surface area (Å²) in [6.07, 6.45) is 1.91. The van der Waals surface area contributed by atoms with Gasteiger partial charge in [-0.05, 0) is 32.3 Å². The Morgan fingerprint density at radius 3 is 2.88 bits per heavy atom. The average Bonchev–Trinajstić information content (AvgIpc) is 3.17. The number of para-hydroxylation sites is 1. The van der Waals surface area contributed by atoms with Gasteiger partial charge in [0.05, 0.1) is 0 Å². The predicted octanol–water partition coefficient (Wildman–Crippen LogP) is 3.12. The first-order valence-electron chi connectivity index (χ1n) is 7.93. The van der Waals surface area contributed by atoms with Crippen molar-refractivity contribution in [3.63, 3.8) is 0 Å². The maximum Gasteiger partial charge on any atom is 0.158 e. The molecule has 0 aliphatic rings. The minimum Gasteiger partial charge on any atom is -0.454 e. The molecule has 1 N–H and O–H groups in total. The Morgan fingerprint density at radius 1 is 1.17 bits per heavy atom. The lowest BCUT2D eigenvalue weighted by Crippen LogP contribution is -2.21. The van der Waals surface area contributed by atoms with Gasteiger partial charge in [0, 0.05) is 30.7 Å². The first-order valence-corrected chi connectivity index (χ1v) is 7.93. The van der Waals surface area contributed by atoms with Gasteiger partial charge in [-0.15, -0.1) is 0 Å². The third-order valence-electron chi connectivity index (χ3n) is 3.87. The van der Waals surface area contributed by atoms with E-state index in [2.05, 4.69) is 34.4 Å². The molecule has 0 spiro atoms. The molecule has 24 heavy (non-hydrogen) atoms. The SMILES string of the molecule is CN(C)CCNc1ccn2nc(-c3cc4ccccc4o3)cc2n1. The fourth-order valence-corrected chi connectivity index (χ4v) is 2.61. The summed E-state index contributed by atoms with van der Waals surface area (Å²) in [7, 11) is 4.10. The molecule has 0 saturated carbocycles. The van der Waals surface area contributed by atoms with Crippen molar-refractivity contribution >= 4 is 22.4 Å². The zero-order valence-corrected chi connectivity index (χ0v) is 13.7. The Kier molecular flexibility index (Phi) is 3.66. The van der Waals surface area contributed by atoms with E-state index in [1.165, 1.54) is 0 Å². The van der Waals surface area contributed by atoms with Gasteiger partial charge in [-0.2, -0.15) is 5.10 Å². The molecule has 0 fully saturated rings. The van der Waals surface area contributed by atoms with Gasteiger partial charge in [0.2, 0.25) is 0 Å². The molecular formula is C18H19N5O. The lowest BCUT2D eigenvalue weighted by atomic mass is 10.2. The van der Waals surface area contributed by atoms with Crippen LogP contribution in [-0.4, -0.2) is 46.7 Å². The lowest BCUT2D eigenvalue weighted by molar-refractivity contribution is 0.425. The lowest BCUT2D eigenvalue weighted by Gasteiger charge is -2.10. The minimum absolute atomic E-state index is 0.754. The molecule has 4 rings (SSSR count). The van der Waals surface area contributed by atoms with Gasteiger partial charge in [-0.3, -0.25) is 0 Å². The molecule has 1 aromatic carbocycles. The molecular weight excluding hydrogens is 302 g/mol. The van der Waals surface area contributed by atoms with Crippen LogP contribution in [0, 0.1) is 0 Å². The van der Waals surface area contributed by atoms with Crippen LogP contribution in [0.25, 0.3) is 28.1 Å². The van der Waals surface area contributed by atoms with E-state index in [0.29, 0.717) is 0 Å². The van der Waals surface area contributed by atoms with E-state index in [1.807, 2.05) is 48.7 Å². The highest BCUT2D eigenvalue weighted by Gasteiger charge is 2.11. The molecule has 3 heterocycles. The third-order valence-corrected chi connectivity index (χ3v) is 3.87. The van der Waals surface area contributed by atoms with Crippen molar-refractivity contribution in [2.45, 2.75) is 0 Å². The topological polar surface area (TPSA) is 58.6 Å². The maximum atomic E-state index is 5.88. The minimum atomic E-state index is 0.754. The van der Waals surface area contributed by atoms with E-state index < -0.39 is 0 Å². The second kappa shape index (κ2) is 5.98. The fraction of sp³-hybridized carbons (Fsp3) is 0.222. The van der Waals surface area contributed by atoms with Crippen LogP contribution >= 0.6 is 0 Å². The van der Waals surface area contributed by atoms with Gasteiger partial charge < -0.3 is 14.6 Å². The Morgan fingerprint density at radius 2 is 2.04 bits per heavy atom. The van der Waals surface area contributed by atoms with E-state index in [1.54, 1.807) is 4.52 Å². The summed E-state index contributed by atoms with van der Waals surface area (Å²) in [5.74, 6) is 1.60.